The predicted octanol–water partition coefficient (Wildman–Crippen LogP) is 1.42. The van der Waals surface area contributed by atoms with E-state index in [0.29, 0.717) is 37.4 Å². The van der Waals surface area contributed by atoms with E-state index in [4.69, 9.17) is 10.9 Å². The molecule has 12 heteroatoms. The first-order valence-electron chi connectivity index (χ1n) is 10.9. The van der Waals surface area contributed by atoms with Gasteiger partial charge in [-0.1, -0.05) is 43.2 Å². The molecular weight excluding hydrogens is 464 g/mol. The van der Waals surface area contributed by atoms with Gasteiger partial charge in [-0.05, 0) is 32.2 Å². The zero-order chi connectivity index (χ0) is 23.8. The fraction of sp³-hybridized carbons (Fsp3) is 0.476. The molecule has 10 nitrogen and oxygen atoms in total. The van der Waals surface area contributed by atoms with Gasteiger partial charge in [0, 0.05) is 17.5 Å². The number of primary amides is 1. The maximum atomic E-state index is 13.3. The number of piperidine rings is 1. The smallest absolute Gasteiger partial charge is 0.274 e. The molecule has 3 rings (SSSR count). The Bertz CT molecular complexity index is 1040. The van der Waals surface area contributed by atoms with Crippen LogP contribution in [0.3, 0.4) is 0 Å². The van der Waals surface area contributed by atoms with Gasteiger partial charge in [0.1, 0.15) is 0 Å². The van der Waals surface area contributed by atoms with Crippen molar-refractivity contribution in [1.82, 2.24) is 14.6 Å². The van der Waals surface area contributed by atoms with Crippen molar-refractivity contribution >= 4 is 38.5 Å². The van der Waals surface area contributed by atoms with Crippen LogP contribution in [-0.4, -0.2) is 55.3 Å². The Kier molecular flexibility index (Phi) is 8.92. The zero-order valence-corrected chi connectivity index (χ0v) is 19.9. The number of rotatable bonds is 11. The fourth-order valence-corrected chi connectivity index (χ4v) is 5.17. The van der Waals surface area contributed by atoms with Crippen LogP contribution < -0.4 is 20.9 Å². The summed E-state index contributed by atoms with van der Waals surface area (Å²) in [5.74, 6) is -0.694. The predicted molar refractivity (Wildman–Crippen MR) is 128 cm³/mol. The molecule has 2 aromatic rings. The average Bonchev–Trinajstić information content (AvgIpc) is 3.24. The highest BCUT2D eigenvalue weighted by molar-refractivity contribution is 7.87. The van der Waals surface area contributed by atoms with Crippen LogP contribution in [0.1, 0.15) is 38.5 Å². The van der Waals surface area contributed by atoms with Crippen LogP contribution in [0.15, 0.2) is 35.7 Å². The normalized spacial score (nSPS) is 18.0. The molecule has 1 fully saturated rings. The lowest BCUT2D eigenvalue weighted by atomic mass is 9.96. The Labute approximate surface area is 197 Å². The summed E-state index contributed by atoms with van der Waals surface area (Å²) in [6.45, 7) is 0.771. The monoisotopic (exact) mass is 494 g/mol. The second kappa shape index (κ2) is 11.7. The number of aromatic nitrogens is 1. The lowest BCUT2D eigenvalue weighted by molar-refractivity contribution is -0.130. The zero-order valence-electron chi connectivity index (χ0n) is 18.3. The third kappa shape index (κ3) is 7.57. The van der Waals surface area contributed by atoms with E-state index in [1.807, 2.05) is 40.6 Å². The molecule has 0 spiro atoms. The lowest BCUT2D eigenvalue weighted by Crippen LogP contribution is -2.55. The van der Waals surface area contributed by atoms with Gasteiger partial charge in [-0.25, -0.2) is 14.8 Å². The molecule has 0 bridgehead atoms. The van der Waals surface area contributed by atoms with Gasteiger partial charge in [0.15, 0.2) is 5.13 Å². The van der Waals surface area contributed by atoms with Gasteiger partial charge in [-0.3, -0.25) is 14.5 Å². The standard InChI is InChI=1S/C21H30N6O4S2/c22-19(28)17-10-5-7-13-27(17)18(11-4-6-12-24-33(23,30)31)20(29)26-21-25-16(14-32-21)15-8-2-1-3-9-15/h1-3,8-9,14,17-18,24H,4-7,10-13H2,(H2,22,28)(H2,23,30,31)(H,25,26,29)/t17?,18-/m0/s1. The Morgan fingerprint density at radius 3 is 2.67 bits per heavy atom. The van der Waals surface area contributed by atoms with E-state index in [0.717, 1.165) is 24.1 Å². The first kappa shape index (κ1) is 25.2. The van der Waals surface area contributed by atoms with Crippen LogP contribution in [0.25, 0.3) is 11.3 Å². The number of hydrogen-bond acceptors (Lipinski definition) is 7. The van der Waals surface area contributed by atoms with Gasteiger partial charge in [-0.2, -0.15) is 8.42 Å². The number of nitrogens with one attached hydrogen (secondary N) is 2. The first-order chi connectivity index (χ1) is 15.7. The van der Waals surface area contributed by atoms with Gasteiger partial charge < -0.3 is 11.1 Å². The van der Waals surface area contributed by atoms with Crippen molar-refractivity contribution in [2.75, 3.05) is 18.4 Å². The van der Waals surface area contributed by atoms with Crippen molar-refractivity contribution in [1.29, 1.82) is 0 Å². The van der Waals surface area contributed by atoms with Crippen molar-refractivity contribution < 1.29 is 18.0 Å². The van der Waals surface area contributed by atoms with Crippen molar-refractivity contribution in [2.45, 2.75) is 50.6 Å². The Balaban J connectivity index is 1.70. The van der Waals surface area contributed by atoms with E-state index in [2.05, 4.69) is 15.0 Å². The molecule has 1 aliphatic heterocycles. The first-order valence-corrected chi connectivity index (χ1v) is 13.3. The SMILES string of the molecule is NC(=O)C1CCCCN1[C@@H](CCCCNS(N)(=O)=O)C(=O)Nc1nc(-c2ccccc2)cs1. The number of nitrogens with two attached hydrogens (primary N) is 2. The van der Waals surface area contributed by atoms with E-state index in [1.54, 1.807) is 0 Å². The maximum absolute atomic E-state index is 13.3. The van der Waals surface area contributed by atoms with Crippen LogP contribution in [0.5, 0.6) is 0 Å². The van der Waals surface area contributed by atoms with Crippen LogP contribution in [0, 0.1) is 0 Å². The average molecular weight is 495 g/mol. The summed E-state index contributed by atoms with van der Waals surface area (Å²) in [6, 6.07) is 8.58. The minimum absolute atomic E-state index is 0.180. The molecule has 0 aliphatic carbocycles. The molecule has 1 aromatic carbocycles. The van der Waals surface area contributed by atoms with Crippen molar-refractivity contribution in [3.63, 3.8) is 0 Å². The third-order valence-electron chi connectivity index (χ3n) is 5.59. The Morgan fingerprint density at radius 1 is 1.21 bits per heavy atom. The van der Waals surface area contributed by atoms with E-state index in [-0.39, 0.29) is 12.5 Å². The summed E-state index contributed by atoms with van der Waals surface area (Å²) in [6.07, 6.45) is 3.88. The van der Waals surface area contributed by atoms with Gasteiger partial charge in [0.2, 0.25) is 11.8 Å². The Morgan fingerprint density at radius 2 is 1.97 bits per heavy atom. The summed E-state index contributed by atoms with van der Waals surface area (Å²) in [7, 11) is -3.75. The number of unbranched alkanes of at least 4 members (excludes halogenated alkanes) is 1. The molecular formula is C21H30N6O4S2. The largest absolute Gasteiger partial charge is 0.368 e. The number of anilines is 1. The fourth-order valence-electron chi connectivity index (χ4n) is 4.02. The molecule has 1 aromatic heterocycles. The number of hydrogen-bond donors (Lipinski definition) is 4. The maximum Gasteiger partial charge on any atom is 0.274 e. The highest BCUT2D eigenvalue weighted by Crippen LogP contribution is 2.27. The molecule has 2 heterocycles. The summed E-state index contributed by atoms with van der Waals surface area (Å²) in [5, 5.41) is 10.2. The Hall–Kier alpha value is -2.38. The van der Waals surface area contributed by atoms with E-state index in [1.165, 1.54) is 11.3 Å². The number of thiazole rings is 1. The third-order valence-corrected chi connectivity index (χ3v) is 6.95. The van der Waals surface area contributed by atoms with Crippen LogP contribution in [-0.2, 0) is 19.8 Å². The second-order valence-electron chi connectivity index (χ2n) is 8.00. The van der Waals surface area contributed by atoms with Gasteiger partial charge in [0.05, 0.1) is 17.8 Å². The van der Waals surface area contributed by atoms with Crippen molar-refractivity contribution in [3.05, 3.63) is 35.7 Å². The van der Waals surface area contributed by atoms with Crippen LogP contribution in [0.2, 0.25) is 0 Å². The quantitative estimate of drug-likeness (QED) is 0.346. The van der Waals surface area contributed by atoms with Crippen LogP contribution >= 0.6 is 11.3 Å². The molecule has 6 N–H and O–H groups in total. The van der Waals surface area contributed by atoms with Gasteiger partial charge in [0.25, 0.3) is 10.2 Å². The number of carbonyl (C=O) groups excluding carboxylic acids is 2. The van der Waals surface area contributed by atoms with E-state index in [9.17, 15) is 18.0 Å². The highest BCUT2D eigenvalue weighted by atomic mass is 32.2. The van der Waals surface area contributed by atoms with E-state index < -0.39 is 28.2 Å². The molecule has 1 saturated heterocycles. The summed E-state index contributed by atoms with van der Waals surface area (Å²) >= 11 is 1.33. The van der Waals surface area contributed by atoms with Crippen molar-refractivity contribution in [3.8, 4) is 11.3 Å². The molecule has 0 saturated carbocycles. The molecule has 2 amide bonds. The summed E-state index contributed by atoms with van der Waals surface area (Å²) < 4.78 is 24.3. The molecule has 0 radical (unpaired) electrons. The number of carbonyl (C=O) groups is 2. The number of nitrogens with zero attached hydrogens (tertiary/aromatic N) is 2. The summed E-state index contributed by atoms with van der Waals surface area (Å²) in [5.41, 5.74) is 7.36. The topological polar surface area (TPSA) is 161 Å². The molecule has 33 heavy (non-hydrogen) atoms. The minimum Gasteiger partial charge on any atom is -0.368 e. The van der Waals surface area contributed by atoms with Gasteiger partial charge >= 0.3 is 0 Å². The number of likely N-dealkylation sites (tertiary alicyclic amines) is 1. The summed E-state index contributed by atoms with van der Waals surface area (Å²) in [4.78, 5) is 31.7. The lowest BCUT2D eigenvalue weighted by Gasteiger charge is -2.38. The minimum atomic E-state index is -3.75. The molecule has 1 unspecified atom stereocenters. The van der Waals surface area contributed by atoms with Crippen molar-refractivity contribution in [2.24, 2.45) is 10.9 Å². The number of benzene rings is 1. The molecule has 180 valence electrons. The van der Waals surface area contributed by atoms with Gasteiger partial charge in [-0.15, -0.1) is 11.3 Å². The highest BCUT2D eigenvalue weighted by Gasteiger charge is 2.36. The number of amides is 2. The van der Waals surface area contributed by atoms with E-state index >= 15 is 0 Å². The molecule has 2 atom stereocenters. The second-order valence-corrected chi connectivity index (χ2v) is 10.2. The molecule has 1 aliphatic rings. The van der Waals surface area contributed by atoms with Crippen LogP contribution in [0.4, 0.5) is 5.13 Å².